The molecule has 8 heteroatoms. The molecule has 0 radical (unpaired) electrons. The van der Waals surface area contributed by atoms with Crippen molar-refractivity contribution in [2.24, 2.45) is 5.73 Å². The minimum absolute atomic E-state index is 0.00981. The van der Waals surface area contributed by atoms with Crippen LogP contribution in [0, 0.1) is 10.1 Å². The van der Waals surface area contributed by atoms with Gasteiger partial charge in [0.25, 0.3) is 5.69 Å². The summed E-state index contributed by atoms with van der Waals surface area (Å²) in [6.07, 6.45) is 1.62. The Balaban J connectivity index is 2.16. The fourth-order valence-electron chi connectivity index (χ4n) is 1.56. The summed E-state index contributed by atoms with van der Waals surface area (Å²) in [6.45, 7) is -0.400. The zero-order valence-electron chi connectivity index (χ0n) is 9.94. The second-order valence-corrected chi connectivity index (χ2v) is 4.04. The lowest BCUT2D eigenvalue weighted by Gasteiger charge is -2.04. The second-order valence-electron chi connectivity index (χ2n) is 4.04. The predicted octanol–water partition coefficient (Wildman–Crippen LogP) is 1.15. The van der Waals surface area contributed by atoms with E-state index < -0.39 is 17.6 Å². The van der Waals surface area contributed by atoms with Gasteiger partial charge in [0.2, 0.25) is 0 Å². The number of nitrogens with two attached hydrogens (primary N) is 1. The number of hydrogen-bond donors (Lipinski definition) is 1. The molecule has 0 amide bonds. The maximum Gasteiger partial charge on any atom is 0.269 e. The van der Waals surface area contributed by atoms with Gasteiger partial charge in [0.05, 0.1) is 23.7 Å². The van der Waals surface area contributed by atoms with Gasteiger partial charge in [0.1, 0.15) is 12.4 Å². The molecule has 2 rings (SSSR count). The zero-order chi connectivity index (χ0) is 13.8. The molecule has 0 aliphatic rings. The van der Waals surface area contributed by atoms with Crippen LogP contribution in [0.1, 0.15) is 0 Å². The van der Waals surface area contributed by atoms with E-state index in [0.717, 1.165) is 0 Å². The van der Waals surface area contributed by atoms with E-state index in [2.05, 4.69) is 10.3 Å². The number of rotatable bonds is 5. The smallest absolute Gasteiger partial charge is 0.269 e. The van der Waals surface area contributed by atoms with Gasteiger partial charge < -0.3 is 5.73 Å². The molecule has 19 heavy (non-hydrogen) atoms. The van der Waals surface area contributed by atoms with E-state index in [9.17, 15) is 14.5 Å². The SMILES string of the molecule is NC(CF)Cn1cc(-c2ccc([N+](=O)[O-])cc2)nn1. The molecule has 100 valence electrons. The summed E-state index contributed by atoms with van der Waals surface area (Å²) in [6, 6.07) is 5.33. The molecule has 1 heterocycles. The summed E-state index contributed by atoms with van der Waals surface area (Å²) in [4.78, 5) is 10.1. The molecule has 0 aliphatic carbocycles. The number of alkyl halides is 1. The van der Waals surface area contributed by atoms with E-state index in [4.69, 9.17) is 5.73 Å². The van der Waals surface area contributed by atoms with Crippen LogP contribution in [0.25, 0.3) is 11.3 Å². The molecule has 1 unspecified atom stereocenters. The standard InChI is InChI=1S/C11H12FN5O2/c12-5-9(13)6-16-7-11(14-15-16)8-1-3-10(4-2-8)17(18)19/h1-4,7,9H,5-6,13H2. The number of aromatic nitrogens is 3. The monoisotopic (exact) mass is 265 g/mol. The number of nitro groups is 1. The molecule has 0 saturated heterocycles. The molecule has 0 fully saturated rings. The summed E-state index contributed by atoms with van der Waals surface area (Å²) >= 11 is 0. The van der Waals surface area contributed by atoms with Gasteiger partial charge in [-0.25, -0.2) is 4.39 Å². The van der Waals surface area contributed by atoms with Gasteiger partial charge in [0, 0.05) is 17.7 Å². The van der Waals surface area contributed by atoms with E-state index in [-0.39, 0.29) is 12.2 Å². The third kappa shape index (κ3) is 3.10. The van der Waals surface area contributed by atoms with Crippen LogP contribution < -0.4 is 5.73 Å². The Morgan fingerprint density at radius 1 is 1.42 bits per heavy atom. The minimum Gasteiger partial charge on any atom is -0.324 e. The van der Waals surface area contributed by atoms with Crippen molar-refractivity contribution in [1.29, 1.82) is 0 Å². The maximum atomic E-state index is 12.3. The summed E-state index contributed by atoms with van der Waals surface area (Å²) in [5, 5.41) is 18.3. The van der Waals surface area contributed by atoms with Crippen molar-refractivity contribution in [2.45, 2.75) is 12.6 Å². The molecule has 0 saturated carbocycles. The summed E-state index contributed by atoms with van der Waals surface area (Å²) < 4.78 is 13.7. The highest BCUT2D eigenvalue weighted by Crippen LogP contribution is 2.20. The Bertz CT molecular complexity index is 569. The lowest BCUT2D eigenvalue weighted by atomic mass is 10.1. The first kappa shape index (κ1) is 13.1. The maximum absolute atomic E-state index is 12.3. The molecule has 7 nitrogen and oxygen atoms in total. The van der Waals surface area contributed by atoms with E-state index >= 15 is 0 Å². The number of nitrogens with zero attached hydrogens (tertiary/aromatic N) is 4. The number of non-ortho nitro benzene ring substituents is 1. The molecular weight excluding hydrogens is 253 g/mol. The molecule has 1 aromatic carbocycles. The Hall–Kier alpha value is -2.35. The van der Waals surface area contributed by atoms with Crippen molar-refractivity contribution in [3.8, 4) is 11.3 Å². The molecular formula is C11H12FN5O2. The Labute approximate surface area is 108 Å². The zero-order valence-corrected chi connectivity index (χ0v) is 9.94. The van der Waals surface area contributed by atoms with Gasteiger partial charge in [-0.05, 0) is 12.1 Å². The second kappa shape index (κ2) is 5.53. The van der Waals surface area contributed by atoms with Gasteiger partial charge in [-0.2, -0.15) is 0 Å². The Kier molecular flexibility index (Phi) is 3.81. The largest absolute Gasteiger partial charge is 0.324 e. The van der Waals surface area contributed by atoms with Gasteiger partial charge in [0.15, 0.2) is 0 Å². The summed E-state index contributed by atoms with van der Waals surface area (Å²) in [5.41, 5.74) is 6.73. The van der Waals surface area contributed by atoms with Crippen molar-refractivity contribution in [3.05, 3.63) is 40.6 Å². The highest BCUT2D eigenvalue weighted by Gasteiger charge is 2.09. The lowest BCUT2D eigenvalue weighted by Crippen LogP contribution is -2.28. The van der Waals surface area contributed by atoms with Crippen LogP contribution >= 0.6 is 0 Å². The summed E-state index contributed by atoms with van der Waals surface area (Å²) in [7, 11) is 0. The fraction of sp³-hybridized carbons (Fsp3) is 0.273. The molecule has 2 aromatic rings. The Morgan fingerprint density at radius 3 is 2.68 bits per heavy atom. The third-order valence-electron chi connectivity index (χ3n) is 2.53. The number of benzene rings is 1. The molecule has 0 bridgehead atoms. The Morgan fingerprint density at radius 2 is 2.11 bits per heavy atom. The quantitative estimate of drug-likeness (QED) is 0.645. The normalized spacial score (nSPS) is 12.3. The van der Waals surface area contributed by atoms with Crippen molar-refractivity contribution in [3.63, 3.8) is 0 Å². The number of halogens is 1. The first-order valence-corrected chi connectivity index (χ1v) is 5.56. The van der Waals surface area contributed by atoms with Crippen molar-refractivity contribution in [2.75, 3.05) is 6.67 Å². The highest BCUT2D eigenvalue weighted by atomic mass is 19.1. The minimum atomic E-state index is -0.632. The molecule has 1 atom stereocenters. The van der Waals surface area contributed by atoms with E-state index in [1.54, 1.807) is 18.3 Å². The summed E-state index contributed by atoms with van der Waals surface area (Å²) in [5.74, 6) is 0. The average molecular weight is 265 g/mol. The molecule has 0 spiro atoms. The number of hydrogen-bond acceptors (Lipinski definition) is 5. The molecule has 1 aromatic heterocycles. The van der Waals surface area contributed by atoms with Crippen molar-refractivity contribution in [1.82, 2.24) is 15.0 Å². The van der Waals surface area contributed by atoms with Crippen LogP contribution in [0.2, 0.25) is 0 Å². The first-order chi connectivity index (χ1) is 9.10. The van der Waals surface area contributed by atoms with E-state index in [1.807, 2.05) is 0 Å². The van der Waals surface area contributed by atoms with Crippen LogP contribution in [0.15, 0.2) is 30.5 Å². The first-order valence-electron chi connectivity index (χ1n) is 5.56. The third-order valence-corrected chi connectivity index (χ3v) is 2.53. The van der Waals surface area contributed by atoms with Crippen molar-refractivity contribution >= 4 is 5.69 Å². The topological polar surface area (TPSA) is 99.9 Å². The number of nitro benzene ring substituents is 1. The van der Waals surface area contributed by atoms with Gasteiger partial charge in [-0.3, -0.25) is 14.8 Å². The molecule has 2 N–H and O–H groups in total. The highest BCUT2D eigenvalue weighted by molar-refractivity contribution is 5.59. The average Bonchev–Trinajstić information content (AvgIpc) is 2.87. The van der Waals surface area contributed by atoms with Crippen LogP contribution in [-0.4, -0.2) is 32.6 Å². The van der Waals surface area contributed by atoms with E-state index in [0.29, 0.717) is 11.3 Å². The van der Waals surface area contributed by atoms with Crippen LogP contribution in [0.3, 0.4) is 0 Å². The van der Waals surface area contributed by atoms with E-state index in [1.165, 1.54) is 16.8 Å². The molecule has 0 aliphatic heterocycles. The van der Waals surface area contributed by atoms with Crippen LogP contribution in [0.5, 0.6) is 0 Å². The van der Waals surface area contributed by atoms with Crippen molar-refractivity contribution < 1.29 is 9.31 Å². The van der Waals surface area contributed by atoms with Crippen LogP contribution in [0.4, 0.5) is 10.1 Å². The predicted molar refractivity (Wildman–Crippen MR) is 66.1 cm³/mol. The van der Waals surface area contributed by atoms with Gasteiger partial charge in [-0.15, -0.1) is 5.10 Å². The van der Waals surface area contributed by atoms with Gasteiger partial charge >= 0.3 is 0 Å². The lowest BCUT2D eigenvalue weighted by molar-refractivity contribution is -0.384. The van der Waals surface area contributed by atoms with Gasteiger partial charge in [-0.1, -0.05) is 5.21 Å². The fourth-order valence-corrected chi connectivity index (χ4v) is 1.56. The van der Waals surface area contributed by atoms with Crippen LogP contribution in [-0.2, 0) is 6.54 Å².